The second kappa shape index (κ2) is 7.19. The van der Waals surface area contributed by atoms with E-state index in [4.69, 9.17) is 0 Å². The number of H-pyrrole nitrogens is 1. The molecule has 0 aliphatic rings. The molecule has 4 aromatic rings. The molecule has 1 aromatic carbocycles. The van der Waals surface area contributed by atoms with Crippen LogP contribution in [0.3, 0.4) is 0 Å². The lowest BCUT2D eigenvalue weighted by molar-refractivity contribution is -0.121. The molecule has 0 aliphatic heterocycles. The summed E-state index contributed by atoms with van der Waals surface area (Å²) in [5.41, 5.74) is 6.11. The maximum Gasteiger partial charge on any atom is 0.220 e. The maximum absolute atomic E-state index is 12.3. The van der Waals surface area contributed by atoms with Gasteiger partial charge in [-0.3, -0.25) is 4.79 Å². The smallest absolute Gasteiger partial charge is 0.220 e. The minimum atomic E-state index is 0.0509. The number of para-hydroxylation sites is 1. The molecule has 7 nitrogen and oxygen atoms in total. The Morgan fingerprint density at radius 3 is 2.96 bits per heavy atom. The zero-order valence-corrected chi connectivity index (χ0v) is 15.5. The number of amides is 1. The van der Waals surface area contributed by atoms with E-state index in [1.54, 1.807) is 10.8 Å². The molecule has 1 amide bonds. The van der Waals surface area contributed by atoms with E-state index >= 15 is 0 Å². The monoisotopic (exact) mass is 362 g/mol. The molecule has 0 fully saturated rings. The Bertz CT molecular complexity index is 1110. The SMILES string of the molecule is Cc1nn2cnnc2c(C)c1CCC(=O)NCCc1c[nH]c2ccccc12. The van der Waals surface area contributed by atoms with Crippen LogP contribution in [0.15, 0.2) is 36.8 Å². The molecule has 0 saturated carbocycles. The molecule has 7 heteroatoms. The first-order chi connectivity index (χ1) is 13.1. The third-order valence-corrected chi connectivity index (χ3v) is 5.01. The van der Waals surface area contributed by atoms with Crippen LogP contribution in [0, 0.1) is 13.8 Å². The van der Waals surface area contributed by atoms with Gasteiger partial charge in [-0.05, 0) is 43.9 Å². The van der Waals surface area contributed by atoms with Crippen LogP contribution in [0.5, 0.6) is 0 Å². The summed E-state index contributed by atoms with van der Waals surface area (Å²) in [5.74, 6) is 0.0509. The third-order valence-electron chi connectivity index (χ3n) is 5.01. The van der Waals surface area contributed by atoms with Gasteiger partial charge in [-0.1, -0.05) is 18.2 Å². The third kappa shape index (κ3) is 3.40. The van der Waals surface area contributed by atoms with E-state index in [2.05, 4.69) is 37.7 Å². The average molecular weight is 362 g/mol. The van der Waals surface area contributed by atoms with Gasteiger partial charge in [0.1, 0.15) is 6.33 Å². The molecule has 27 heavy (non-hydrogen) atoms. The van der Waals surface area contributed by atoms with Crippen LogP contribution in [0.25, 0.3) is 16.6 Å². The van der Waals surface area contributed by atoms with E-state index in [1.165, 1.54) is 10.9 Å². The molecule has 0 saturated heterocycles. The van der Waals surface area contributed by atoms with Crippen molar-refractivity contribution in [1.82, 2.24) is 30.1 Å². The molecule has 3 heterocycles. The predicted molar refractivity (Wildman–Crippen MR) is 104 cm³/mol. The maximum atomic E-state index is 12.3. The normalized spacial score (nSPS) is 11.3. The number of aromatic nitrogens is 5. The van der Waals surface area contributed by atoms with Crippen LogP contribution in [-0.4, -0.2) is 37.2 Å². The number of rotatable bonds is 6. The summed E-state index contributed by atoms with van der Waals surface area (Å²) < 4.78 is 1.68. The zero-order chi connectivity index (χ0) is 18.8. The fourth-order valence-electron chi connectivity index (χ4n) is 3.55. The lowest BCUT2D eigenvalue weighted by Crippen LogP contribution is -2.26. The second-order valence-electron chi connectivity index (χ2n) is 6.75. The van der Waals surface area contributed by atoms with Gasteiger partial charge in [0.25, 0.3) is 0 Å². The van der Waals surface area contributed by atoms with Gasteiger partial charge in [-0.25, -0.2) is 4.52 Å². The van der Waals surface area contributed by atoms with Crippen molar-refractivity contribution < 1.29 is 4.79 Å². The molecule has 3 aromatic heterocycles. The van der Waals surface area contributed by atoms with Gasteiger partial charge >= 0.3 is 0 Å². The minimum Gasteiger partial charge on any atom is -0.361 e. The van der Waals surface area contributed by atoms with Gasteiger partial charge in [-0.15, -0.1) is 10.2 Å². The summed E-state index contributed by atoms with van der Waals surface area (Å²) in [6.07, 6.45) is 5.50. The van der Waals surface area contributed by atoms with Gasteiger partial charge in [0.15, 0.2) is 5.65 Å². The highest BCUT2D eigenvalue weighted by molar-refractivity contribution is 5.83. The van der Waals surface area contributed by atoms with Crippen molar-refractivity contribution >= 4 is 22.5 Å². The van der Waals surface area contributed by atoms with Gasteiger partial charge < -0.3 is 10.3 Å². The standard InChI is InChI=1S/C20H22N6O/c1-13-16(14(2)25-26-12-23-24-20(13)26)7-8-19(27)21-10-9-15-11-22-18-6-4-3-5-17(15)18/h3-6,11-12,22H,7-10H2,1-2H3,(H,21,27). The quantitative estimate of drug-likeness (QED) is 0.552. The Labute approximate surface area is 156 Å². The molecule has 0 radical (unpaired) electrons. The number of aryl methyl sites for hydroxylation is 2. The summed E-state index contributed by atoms with van der Waals surface area (Å²) in [6, 6.07) is 8.20. The fourth-order valence-corrected chi connectivity index (χ4v) is 3.55. The zero-order valence-electron chi connectivity index (χ0n) is 15.5. The highest BCUT2D eigenvalue weighted by Gasteiger charge is 2.13. The van der Waals surface area contributed by atoms with E-state index in [1.807, 2.05) is 32.2 Å². The number of carbonyl (C=O) groups is 1. The Morgan fingerprint density at radius 2 is 2.07 bits per heavy atom. The molecule has 138 valence electrons. The first kappa shape index (κ1) is 17.2. The Kier molecular flexibility index (Phi) is 4.58. The van der Waals surface area contributed by atoms with E-state index in [-0.39, 0.29) is 5.91 Å². The van der Waals surface area contributed by atoms with Crippen LogP contribution >= 0.6 is 0 Å². The van der Waals surface area contributed by atoms with Gasteiger partial charge in [0.2, 0.25) is 5.91 Å². The van der Waals surface area contributed by atoms with Crippen molar-refractivity contribution in [2.45, 2.75) is 33.1 Å². The van der Waals surface area contributed by atoms with E-state index in [0.29, 0.717) is 19.4 Å². The minimum absolute atomic E-state index is 0.0509. The lowest BCUT2D eigenvalue weighted by atomic mass is 10.0. The molecule has 2 N–H and O–H groups in total. The number of hydrogen-bond donors (Lipinski definition) is 2. The summed E-state index contributed by atoms with van der Waals surface area (Å²) in [5, 5.41) is 16.7. The number of hydrogen-bond acceptors (Lipinski definition) is 4. The molecule has 0 aliphatic carbocycles. The largest absolute Gasteiger partial charge is 0.361 e. The summed E-state index contributed by atoms with van der Waals surface area (Å²) in [4.78, 5) is 15.5. The summed E-state index contributed by atoms with van der Waals surface area (Å²) >= 11 is 0. The number of fused-ring (bicyclic) bond motifs is 2. The molecular formula is C20H22N6O. The molecule has 0 spiro atoms. The molecule has 0 bridgehead atoms. The van der Waals surface area contributed by atoms with Crippen LogP contribution in [0.4, 0.5) is 0 Å². The average Bonchev–Trinajstić information content (AvgIpc) is 3.29. The molecular weight excluding hydrogens is 340 g/mol. The van der Waals surface area contributed by atoms with Crippen LogP contribution in [0.2, 0.25) is 0 Å². The summed E-state index contributed by atoms with van der Waals surface area (Å²) in [7, 11) is 0. The fraction of sp³-hybridized carbons (Fsp3) is 0.300. The van der Waals surface area contributed by atoms with Gasteiger partial charge in [0, 0.05) is 35.6 Å². The first-order valence-corrected chi connectivity index (χ1v) is 9.11. The van der Waals surface area contributed by atoms with Crippen molar-refractivity contribution in [3.8, 4) is 0 Å². The Hall–Kier alpha value is -3.22. The van der Waals surface area contributed by atoms with Crippen molar-refractivity contribution in [1.29, 1.82) is 0 Å². The Morgan fingerprint density at radius 1 is 1.22 bits per heavy atom. The first-order valence-electron chi connectivity index (χ1n) is 9.11. The number of nitrogens with zero attached hydrogens (tertiary/aromatic N) is 4. The summed E-state index contributed by atoms with van der Waals surface area (Å²) in [6.45, 7) is 4.58. The highest BCUT2D eigenvalue weighted by Crippen LogP contribution is 2.18. The lowest BCUT2D eigenvalue weighted by Gasteiger charge is -2.10. The van der Waals surface area contributed by atoms with Crippen LogP contribution in [-0.2, 0) is 17.6 Å². The van der Waals surface area contributed by atoms with E-state index in [0.717, 1.165) is 34.4 Å². The molecule has 4 rings (SSSR count). The van der Waals surface area contributed by atoms with Gasteiger partial charge in [-0.2, -0.15) is 5.10 Å². The second-order valence-corrected chi connectivity index (χ2v) is 6.75. The predicted octanol–water partition coefficient (Wildman–Crippen LogP) is 2.51. The number of benzene rings is 1. The number of aromatic amines is 1. The molecule has 0 atom stereocenters. The topological polar surface area (TPSA) is 88.0 Å². The van der Waals surface area contributed by atoms with E-state index in [9.17, 15) is 4.79 Å². The van der Waals surface area contributed by atoms with Crippen molar-refractivity contribution in [2.75, 3.05) is 6.54 Å². The van der Waals surface area contributed by atoms with Crippen LogP contribution in [0.1, 0.15) is 28.8 Å². The van der Waals surface area contributed by atoms with Crippen molar-refractivity contribution in [2.24, 2.45) is 0 Å². The van der Waals surface area contributed by atoms with E-state index < -0.39 is 0 Å². The van der Waals surface area contributed by atoms with Crippen molar-refractivity contribution in [3.63, 3.8) is 0 Å². The van der Waals surface area contributed by atoms with Crippen LogP contribution < -0.4 is 5.32 Å². The highest BCUT2D eigenvalue weighted by atomic mass is 16.1. The van der Waals surface area contributed by atoms with Crippen molar-refractivity contribution in [3.05, 3.63) is 59.2 Å². The number of carbonyl (C=O) groups excluding carboxylic acids is 1. The number of nitrogens with one attached hydrogen (secondary N) is 2. The van der Waals surface area contributed by atoms with Gasteiger partial charge in [0.05, 0.1) is 5.69 Å². The molecule has 0 unspecified atom stereocenters. The Balaban J connectivity index is 1.34.